The fraction of sp³-hybridized carbons (Fsp3) is 0.151. The first-order chi connectivity index (χ1) is 27.1. The molecule has 55 heavy (non-hydrogen) atoms. The van der Waals surface area contributed by atoms with Gasteiger partial charge < -0.3 is 4.42 Å². The van der Waals surface area contributed by atoms with Crippen molar-refractivity contribution in [1.29, 1.82) is 0 Å². The molecule has 1 heterocycles. The Kier molecular flexibility index (Phi) is 9.34. The van der Waals surface area contributed by atoms with Crippen molar-refractivity contribution in [2.45, 2.75) is 52.5 Å². The molecule has 0 amide bonds. The Bertz CT molecular complexity index is 2840. The van der Waals surface area contributed by atoms with Crippen molar-refractivity contribution in [3.63, 3.8) is 0 Å². The SMILES string of the molecule is CCCC(N=C(C/C(CC)=C(\C)c1cccc(-c2cccc(-c3ccc4c5ccccc5c5cccc6oc3c4c65)c2)c1)c1ccccc1)c1ccccc1. The monoisotopic (exact) mass is 711 g/mol. The zero-order valence-corrected chi connectivity index (χ0v) is 31.8. The van der Waals surface area contributed by atoms with Gasteiger partial charge in [-0.05, 0) is 105 Å². The lowest BCUT2D eigenvalue weighted by Gasteiger charge is -2.18. The second-order valence-electron chi connectivity index (χ2n) is 14.8. The molecule has 9 aromatic rings. The molecular formula is C53H45NO. The van der Waals surface area contributed by atoms with Gasteiger partial charge in [0.1, 0.15) is 11.2 Å². The van der Waals surface area contributed by atoms with E-state index in [0.717, 1.165) is 53.7 Å². The number of rotatable bonds is 11. The van der Waals surface area contributed by atoms with Gasteiger partial charge in [-0.3, -0.25) is 4.99 Å². The number of aliphatic imine (C=N–C) groups is 1. The highest BCUT2D eigenvalue weighted by atomic mass is 16.3. The topological polar surface area (TPSA) is 25.5 Å². The zero-order valence-electron chi connectivity index (χ0n) is 31.8. The first kappa shape index (κ1) is 34.5. The quantitative estimate of drug-likeness (QED) is 0.0969. The van der Waals surface area contributed by atoms with Gasteiger partial charge in [0.2, 0.25) is 0 Å². The molecule has 1 unspecified atom stereocenters. The molecule has 0 aliphatic rings. The van der Waals surface area contributed by atoms with Crippen LogP contribution in [0.3, 0.4) is 0 Å². The summed E-state index contributed by atoms with van der Waals surface area (Å²) in [6.45, 7) is 6.81. The Hall–Kier alpha value is -6.25. The van der Waals surface area contributed by atoms with Gasteiger partial charge in [-0.25, -0.2) is 0 Å². The Morgan fingerprint density at radius 2 is 1.18 bits per heavy atom. The van der Waals surface area contributed by atoms with Crippen LogP contribution < -0.4 is 0 Å². The Morgan fingerprint density at radius 3 is 1.93 bits per heavy atom. The molecule has 0 aliphatic heterocycles. The standard InChI is InChI=1S/C53H45NO/c1-4-17-48(37-18-8-6-9-19-37)54-49(38-20-10-7-11-21-38)34-36(5-2)35(3)39-22-14-23-40(32-39)41-24-15-25-42(33-41)43-30-31-47-45-27-13-12-26-44(45)46-28-16-29-50-51(46)52(47)53(43)55-50/h6-16,18-33,48H,4-5,17,34H2,1-3H3/b36-35+,54-49?. The van der Waals surface area contributed by atoms with Gasteiger partial charge in [0, 0.05) is 28.5 Å². The van der Waals surface area contributed by atoms with E-state index in [-0.39, 0.29) is 6.04 Å². The van der Waals surface area contributed by atoms with Crippen molar-refractivity contribution in [3.8, 4) is 22.3 Å². The van der Waals surface area contributed by atoms with E-state index >= 15 is 0 Å². The molecule has 2 nitrogen and oxygen atoms in total. The smallest absolute Gasteiger partial charge is 0.143 e. The predicted octanol–water partition coefficient (Wildman–Crippen LogP) is 15.3. The van der Waals surface area contributed by atoms with Gasteiger partial charge in [-0.15, -0.1) is 0 Å². The molecule has 0 fully saturated rings. The van der Waals surface area contributed by atoms with Crippen LogP contribution in [0.2, 0.25) is 0 Å². The van der Waals surface area contributed by atoms with Gasteiger partial charge in [-0.1, -0.05) is 165 Å². The molecule has 0 spiro atoms. The summed E-state index contributed by atoms with van der Waals surface area (Å²) in [6, 6.07) is 59.3. The molecule has 0 saturated heterocycles. The highest BCUT2D eigenvalue weighted by Crippen LogP contribution is 2.46. The summed E-state index contributed by atoms with van der Waals surface area (Å²) in [7, 11) is 0. The number of allylic oxidation sites excluding steroid dienone is 2. The molecule has 268 valence electrons. The lowest BCUT2D eigenvalue weighted by Crippen LogP contribution is -2.08. The van der Waals surface area contributed by atoms with Crippen LogP contribution >= 0.6 is 0 Å². The Morgan fingerprint density at radius 1 is 0.564 bits per heavy atom. The summed E-state index contributed by atoms with van der Waals surface area (Å²) in [6.07, 6.45) is 3.87. The molecule has 9 rings (SSSR count). The van der Waals surface area contributed by atoms with E-state index in [4.69, 9.17) is 9.41 Å². The largest absolute Gasteiger partial charge is 0.455 e. The van der Waals surface area contributed by atoms with Crippen molar-refractivity contribution in [2.24, 2.45) is 4.99 Å². The van der Waals surface area contributed by atoms with Crippen LogP contribution in [0.4, 0.5) is 0 Å². The minimum atomic E-state index is 0.133. The molecule has 1 aromatic heterocycles. The van der Waals surface area contributed by atoms with E-state index < -0.39 is 0 Å². The van der Waals surface area contributed by atoms with Crippen LogP contribution in [0.15, 0.2) is 179 Å². The molecular weight excluding hydrogens is 667 g/mol. The molecule has 8 aromatic carbocycles. The van der Waals surface area contributed by atoms with E-state index in [1.54, 1.807) is 0 Å². The number of fused-ring (bicyclic) bond motifs is 3. The van der Waals surface area contributed by atoms with Crippen LogP contribution in [-0.4, -0.2) is 5.71 Å². The number of furan rings is 1. The maximum absolute atomic E-state index is 6.72. The first-order valence-corrected chi connectivity index (χ1v) is 19.8. The number of hydrogen-bond acceptors (Lipinski definition) is 2. The zero-order chi connectivity index (χ0) is 37.3. The summed E-state index contributed by atoms with van der Waals surface area (Å²) < 4.78 is 6.72. The van der Waals surface area contributed by atoms with Crippen molar-refractivity contribution in [2.75, 3.05) is 0 Å². The van der Waals surface area contributed by atoms with E-state index in [2.05, 4.69) is 185 Å². The maximum atomic E-state index is 6.72. The third-order valence-corrected chi connectivity index (χ3v) is 11.5. The second-order valence-corrected chi connectivity index (χ2v) is 14.8. The molecule has 2 heteroatoms. The van der Waals surface area contributed by atoms with E-state index in [1.807, 2.05) is 0 Å². The summed E-state index contributed by atoms with van der Waals surface area (Å²) in [4.78, 5) is 5.51. The van der Waals surface area contributed by atoms with Crippen LogP contribution in [0.5, 0.6) is 0 Å². The normalized spacial score (nSPS) is 13.3. The predicted molar refractivity (Wildman–Crippen MR) is 235 cm³/mol. The van der Waals surface area contributed by atoms with Crippen LogP contribution in [-0.2, 0) is 0 Å². The van der Waals surface area contributed by atoms with E-state index in [0.29, 0.717) is 0 Å². The fourth-order valence-electron chi connectivity index (χ4n) is 8.57. The lowest BCUT2D eigenvalue weighted by atomic mass is 9.90. The van der Waals surface area contributed by atoms with Crippen molar-refractivity contribution in [1.82, 2.24) is 0 Å². The minimum absolute atomic E-state index is 0.133. The highest BCUT2D eigenvalue weighted by Gasteiger charge is 2.20. The van der Waals surface area contributed by atoms with Gasteiger partial charge in [-0.2, -0.15) is 0 Å². The fourth-order valence-corrected chi connectivity index (χ4v) is 8.57. The van der Waals surface area contributed by atoms with E-state index in [1.165, 1.54) is 71.3 Å². The second kappa shape index (κ2) is 14.9. The Labute approximate surface area is 323 Å². The molecule has 1 atom stereocenters. The highest BCUT2D eigenvalue weighted by molar-refractivity contribution is 6.34. The van der Waals surface area contributed by atoms with Gasteiger partial charge in [0.15, 0.2) is 0 Å². The number of nitrogens with zero attached hydrogens (tertiary/aromatic N) is 1. The summed E-state index contributed by atoms with van der Waals surface area (Å²) in [5.41, 5.74) is 14.2. The van der Waals surface area contributed by atoms with Crippen molar-refractivity contribution in [3.05, 3.63) is 186 Å². The molecule has 0 N–H and O–H groups in total. The van der Waals surface area contributed by atoms with E-state index in [9.17, 15) is 0 Å². The minimum Gasteiger partial charge on any atom is -0.455 e. The van der Waals surface area contributed by atoms with Crippen LogP contribution in [0.25, 0.3) is 71.3 Å². The van der Waals surface area contributed by atoms with Gasteiger partial charge in [0.05, 0.1) is 6.04 Å². The Balaban J connectivity index is 1.09. The van der Waals surface area contributed by atoms with Crippen LogP contribution in [0.1, 0.15) is 69.2 Å². The molecule has 0 aliphatic carbocycles. The summed E-state index contributed by atoms with van der Waals surface area (Å²) >= 11 is 0. The van der Waals surface area contributed by atoms with Crippen molar-refractivity contribution >= 4 is 54.8 Å². The summed E-state index contributed by atoms with van der Waals surface area (Å²) in [5, 5.41) is 7.45. The molecule has 0 radical (unpaired) electrons. The maximum Gasteiger partial charge on any atom is 0.143 e. The van der Waals surface area contributed by atoms with Gasteiger partial charge >= 0.3 is 0 Å². The number of benzene rings is 8. The van der Waals surface area contributed by atoms with Crippen LogP contribution in [0, 0.1) is 0 Å². The number of hydrogen-bond donors (Lipinski definition) is 0. The summed E-state index contributed by atoms with van der Waals surface area (Å²) in [5.74, 6) is 0. The third kappa shape index (κ3) is 6.42. The van der Waals surface area contributed by atoms with Crippen molar-refractivity contribution < 1.29 is 4.42 Å². The average Bonchev–Trinajstić information content (AvgIpc) is 3.65. The molecule has 0 saturated carbocycles. The first-order valence-electron chi connectivity index (χ1n) is 19.8. The lowest BCUT2D eigenvalue weighted by molar-refractivity contribution is 0.640. The van der Waals surface area contributed by atoms with Gasteiger partial charge in [0.25, 0.3) is 0 Å². The average molecular weight is 712 g/mol. The third-order valence-electron chi connectivity index (χ3n) is 11.5. The molecule has 0 bridgehead atoms.